The second-order valence-electron chi connectivity index (χ2n) is 4.30. The lowest BCUT2D eigenvalue weighted by molar-refractivity contribution is 0.0921. The minimum atomic E-state index is 0.0418. The van der Waals surface area contributed by atoms with E-state index in [-0.39, 0.29) is 12.4 Å². The summed E-state index contributed by atoms with van der Waals surface area (Å²) in [6, 6.07) is 9.65. The summed E-state index contributed by atoms with van der Waals surface area (Å²) < 4.78 is 5.57. The lowest BCUT2D eigenvalue weighted by atomic mass is 10.1. The maximum absolute atomic E-state index is 12.0. The molecule has 2 rings (SSSR count). The summed E-state index contributed by atoms with van der Waals surface area (Å²) in [7, 11) is 0. The molecule has 0 spiro atoms. The molecule has 94 valence electrons. The third kappa shape index (κ3) is 2.79. The Morgan fingerprint density at radius 3 is 2.56 bits per heavy atom. The van der Waals surface area contributed by atoms with Crippen LogP contribution in [0.3, 0.4) is 0 Å². The predicted octanol–water partition coefficient (Wildman–Crippen LogP) is 3.94. The van der Waals surface area contributed by atoms with E-state index >= 15 is 0 Å². The number of ether oxygens (including phenoxy) is 1. The average molecular weight is 260 g/mol. The number of hydrogen-bond acceptors (Lipinski definition) is 3. The minimum Gasteiger partial charge on any atom is -0.485 e. The summed E-state index contributed by atoms with van der Waals surface area (Å²) in [5.41, 5.74) is 1.83. The van der Waals surface area contributed by atoms with E-state index in [4.69, 9.17) is 4.74 Å². The first-order valence-electron chi connectivity index (χ1n) is 5.86. The van der Waals surface area contributed by atoms with Crippen molar-refractivity contribution in [1.82, 2.24) is 0 Å². The van der Waals surface area contributed by atoms with Crippen LogP contribution in [0.25, 0.3) is 0 Å². The topological polar surface area (TPSA) is 26.3 Å². The van der Waals surface area contributed by atoms with Gasteiger partial charge in [0.2, 0.25) is 5.78 Å². The number of carbonyl (C=O) groups is 1. The van der Waals surface area contributed by atoms with Crippen LogP contribution < -0.4 is 4.74 Å². The Morgan fingerprint density at radius 2 is 1.94 bits per heavy atom. The Labute approximate surface area is 111 Å². The van der Waals surface area contributed by atoms with Crippen LogP contribution in [0.5, 0.6) is 5.75 Å². The van der Waals surface area contributed by atoms with Crippen LogP contribution in [0, 0.1) is 20.8 Å². The zero-order chi connectivity index (χ0) is 13.1. The Morgan fingerprint density at radius 1 is 1.22 bits per heavy atom. The number of aryl methyl sites for hydroxylation is 3. The quantitative estimate of drug-likeness (QED) is 0.778. The standard InChI is InChI=1S/C15H16O2S/c1-10-6-4-5-7-15(10)17-9-14(16)13-8-11(2)18-12(13)3/h4-8H,9H2,1-3H3. The third-order valence-electron chi connectivity index (χ3n) is 2.79. The highest BCUT2D eigenvalue weighted by Crippen LogP contribution is 2.22. The highest BCUT2D eigenvalue weighted by molar-refractivity contribution is 7.12. The second-order valence-corrected chi connectivity index (χ2v) is 5.76. The van der Waals surface area contributed by atoms with Crippen LogP contribution in [0.1, 0.15) is 25.7 Å². The molecule has 0 saturated heterocycles. The Bertz CT molecular complexity index is 570. The SMILES string of the molecule is Cc1cc(C(=O)COc2ccccc2C)c(C)s1. The fraction of sp³-hybridized carbons (Fsp3) is 0.267. The largest absolute Gasteiger partial charge is 0.485 e. The summed E-state index contributed by atoms with van der Waals surface area (Å²) >= 11 is 1.65. The number of para-hydroxylation sites is 1. The fourth-order valence-electron chi connectivity index (χ4n) is 1.85. The number of hydrogen-bond donors (Lipinski definition) is 0. The van der Waals surface area contributed by atoms with E-state index in [1.54, 1.807) is 11.3 Å². The van der Waals surface area contributed by atoms with E-state index in [9.17, 15) is 4.79 Å². The first-order valence-corrected chi connectivity index (χ1v) is 6.68. The normalized spacial score (nSPS) is 10.4. The van der Waals surface area contributed by atoms with Gasteiger partial charge in [-0.05, 0) is 38.5 Å². The van der Waals surface area contributed by atoms with Gasteiger partial charge in [-0.3, -0.25) is 4.79 Å². The van der Waals surface area contributed by atoms with Crippen molar-refractivity contribution in [2.75, 3.05) is 6.61 Å². The molecule has 0 bridgehead atoms. The summed E-state index contributed by atoms with van der Waals surface area (Å²) in [5, 5.41) is 0. The summed E-state index contributed by atoms with van der Waals surface area (Å²) in [4.78, 5) is 14.3. The van der Waals surface area contributed by atoms with Crippen molar-refractivity contribution in [3.63, 3.8) is 0 Å². The van der Waals surface area contributed by atoms with Crippen molar-refractivity contribution in [1.29, 1.82) is 0 Å². The molecule has 0 aliphatic heterocycles. The van der Waals surface area contributed by atoms with Gasteiger partial charge in [-0.1, -0.05) is 18.2 Å². The van der Waals surface area contributed by atoms with Gasteiger partial charge >= 0.3 is 0 Å². The number of benzene rings is 1. The van der Waals surface area contributed by atoms with Crippen LogP contribution in [-0.4, -0.2) is 12.4 Å². The second kappa shape index (κ2) is 5.36. The highest BCUT2D eigenvalue weighted by atomic mass is 32.1. The van der Waals surface area contributed by atoms with Gasteiger partial charge < -0.3 is 4.74 Å². The van der Waals surface area contributed by atoms with E-state index < -0.39 is 0 Å². The molecule has 0 radical (unpaired) electrons. The molecule has 0 amide bonds. The monoisotopic (exact) mass is 260 g/mol. The smallest absolute Gasteiger partial charge is 0.201 e. The van der Waals surface area contributed by atoms with Crippen molar-refractivity contribution in [2.24, 2.45) is 0 Å². The van der Waals surface area contributed by atoms with Crippen LogP contribution in [0.4, 0.5) is 0 Å². The fourth-order valence-corrected chi connectivity index (χ4v) is 2.79. The minimum absolute atomic E-state index is 0.0418. The van der Waals surface area contributed by atoms with Crippen molar-refractivity contribution in [3.8, 4) is 5.75 Å². The molecule has 0 atom stereocenters. The molecule has 0 fully saturated rings. The van der Waals surface area contributed by atoms with Gasteiger partial charge in [0.05, 0.1) is 0 Å². The molecule has 1 heterocycles. The molecule has 0 N–H and O–H groups in total. The van der Waals surface area contributed by atoms with Gasteiger partial charge in [0, 0.05) is 15.3 Å². The molecular formula is C15H16O2S. The first-order chi connectivity index (χ1) is 8.58. The molecule has 0 aliphatic rings. The zero-order valence-corrected chi connectivity index (χ0v) is 11.6. The van der Waals surface area contributed by atoms with Crippen molar-refractivity contribution in [3.05, 3.63) is 51.2 Å². The summed E-state index contributed by atoms with van der Waals surface area (Å²) in [5.74, 6) is 0.815. The van der Waals surface area contributed by atoms with Crippen LogP contribution in [0.2, 0.25) is 0 Å². The molecule has 1 aromatic carbocycles. The summed E-state index contributed by atoms with van der Waals surface area (Å²) in [6.45, 7) is 6.05. The lowest BCUT2D eigenvalue weighted by Gasteiger charge is -2.07. The summed E-state index contributed by atoms with van der Waals surface area (Å²) in [6.07, 6.45) is 0. The van der Waals surface area contributed by atoms with Crippen molar-refractivity contribution in [2.45, 2.75) is 20.8 Å². The Hall–Kier alpha value is -1.61. The van der Waals surface area contributed by atoms with Gasteiger partial charge in [-0.2, -0.15) is 0 Å². The van der Waals surface area contributed by atoms with E-state index in [1.807, 2.05) is 51.1 Å². The van der Waals surface area contributed by atoms with Crippen LogP contribution in [0.15, 0.2) is 30.3 Å². The van der Waals surface area contributed by atoms with E-state index in [1.165, 1.54) is 0 Å². The van der Waals surface area contributed by atoms with Crippen LogP contribution in [-0.2, 0) is 0 Å². The molecule has 3 heteroatoms. The maximum Gasteiger partial charge on any atom is 0.201 e. The van der Waals surface area contributed by atoms with Crippen molar-refractivity contribution >= 4 is 17.1 Å². The first kappa shape index (κ1) is 12.8. The number of Topliss-reactive ketones (excluding diaryl/α,β-unsaturated/α-hetero) is 1. The lowest BCUT2D eigenvalue weighted by Crippen LogP contribution is -2.12. The van der Waals surface area contributed by atoms with Gasteiger partial charge in [0.15, 0.2) is 6.61 Å². The van der Waals surface area contributed by atoms with Crippen molar-refractivity contribution < 1.29 is 9.53 Å². The maximum atomic E-state index is 12.0. The van der Waals surface area contributed by atoms with Gasteiger partial charge in [0.1, 0.15) is 5.75 Å². The Balaban J connectivity index is 2.05. The molecule has 2 aromatic rings. The molecule has 1 aromatic heterocycles. The molecule has 0 aliphatic carbocycles. The molecule has 2 nitrogen and oxygen atoms in total. The van der Waals surface area contributed by atoms with Crippen LogP contribution >= 0.6 is 11.3 Å². The average Bonchev–Trinajstić information content (AvgIpc) is 2.67. The van der Waals surface area contributed by atoms with E-state index in [0.29, 0.717) is 0 Å². The molecule has 0 unspecified atom stereocenters. The third-order valence-corrected chi connectivity index (χ3v) is 3.76. The number of carbonyl (C=O) groups excluding carboxylic acids is 1. The highest BCUT2D eigenvalue weighted by Gasteiger charge is 2.12. The van der Waals surface area contributed by atoms with Gasteiger partial charge in [-0.25, -0.2) is 0 Å². The molecule has 0 saturated carbocycles. The predicted molar refractivity (Wildman–Crippen MR) is 74.8 cm³/mol. The van der Waals surface area contributed by atoms with E-state index in [0.717, 1.165) is 26.6 Å². The molecule has 18 heavy (non-hydrogen) atoms. The van der Waals surface area contributed by atoms with Gasteiger partial charge in [0.25, 0.3) is 0 Å². The number of ketones is 1. The molecular weight excluding hydrogens is 244 g/mol. The Kier molecular flexibility index (Phi) is 3.82. The number of thiophene rings is 1. The zero-order valence-electron chi connectivity index (χ0n) is 10.8. The van der Waals surface area contributed by atoms with Gasteiger partial charge in [-0.15, -0.1) is 11.3 Å². The van der Waals surface area contributed by atoms with E-state index in [2.05, 4.69) is 0 Å². The number of rotatable bonds is 4.